The number of nitrogens with zero attached hydrogens (tertiary/aromatic N) is 2. The standard InChI is InChI=1S/C18H32N2/c1-4-17(2,3)16-9-11-18(15-19,12-10-16)20-13-7-5-6-8-14-20/h16H,4-14H2,1-3H3. The van der Waals surface area contributed by atoms with Crippen molar-refractivity contribution in [1.29, 1.82) is 5.26 Å². The topological polar surface area (TPSA) is 27.0 Å². The first-order chi connectivity index (χ1) is 9.54. The fraction of sp³-hybridized carbons (Fsp3) is 0.944. The van der Waals surface area contributed by atoms with Gasteiger partial charge in [-0.3, -0.25) is 4.90 Å². The van der Waals surface area contributed by atoms with Crippen molar-refractivity contribution in [2.24, 2.45) is 11.3 Å². The average Bonchev–Trinajstić information content (AvgIpc) is 2.77. The van der Waals surface area contributed by atoms with Gasteiger partial charge in [0.1, 0.15) is 5.54 Å². The Labute approximate surface area is 125 Å². The van der Waals surface area contributed by atoms with Gasteiger partial charge in [-0.1, -0.05) is 40.0 Å². The molecule has 2 fully saturated rings. The highest BCUT2D eigenvalue weighted by Gasteiger charge is 2.43. The van der Waals surface area contributed by atoms with E-state index < -0.39 is 0 Å². The second-order valence-corrected chi connectivity index (χ2v) is 7.66. The van der Waals surface area contributed by atoms with Gasteiger partial charge in [0.2, 0.25) is 0 Å². The van der Waals surface area contributed by atoms with Gasteiger partial charge >= 0.3 is 0 Å². The van der Waals surface area contributed by atoms with Crippen LogP contribution in [0.25, 0.3) is 0 Å². The first-order valence-electron chi connectivity index (χ1n) is 8.70. The summed E-state index contributed by atoms with van der Waals surface area (Å²) in [5, 5.41) is 9.84. The summed E-state index contributed by atoms with van der Waals surface area (Å²) in [5.41, 5.74) is 0.311. The van der Waals surface area contributed by atoms with Crippen molar-refractivity contribution in [3.8, 4) is 6.07 Å². The molecule has 114 valence electrons. The van der Waals surface area contributed by atoms with Crippen molar-refractivity contribution >= 4 is 0 Å². The summed E-state index contributed by atoms with van der Waals surface area (Å²) in [4.78, 5) is 2.54. The van der Waals surface area contributed by atoms with E-state index in [2.05, 4.69) is 31.7 Å². The van der Waals surface area contributed by atoms with Crippen molar-refractivity contribution in [3.05, 3.63) is 0 Å². The third-order valence-corrected chi connectivity index (χ3v) is 6.25. The van der Waals surface area contributed by atoms with E-state index in [1.54, 1.807) is 0 Å². The number of rotatable bonds is 3. The van der Waals surface area contributed by atoms with E-state index in [-0.39, 0.29) is 5.54 Å². The molecule has 2 aliphatic rings. The molecule has 0 aromatic rings. The monoisotopic (exact) mass is 276 g/mol. The van der Waals surface area contributed by atoms with Crippen molar-refractivity contribution in [2.75, 3.05) is 13.1 Å². The Morgan fingerprint density at radius 2 is 1.65 bits per heavy atom. The molecule has 0 unspecified atom stereocenters. The molecular formula is C18H32N2. The van der Waals surface area contributed by atoms with Crippen LogP contribution in [0.2, 0.25) is 0 Å². The molecule has 0 atom stereocenters. The first-order valence-corrected chi connectivity index (χ1v) is 8.70. The van der Waals surface area contributed by atoms with Crippen LogP contribution >= 0.6 is 0 Å². The van der Waals surface area contributed by atoms with Gasteiger partial charge in [-0.25, -0.2) is 0 Å². The molecule has 2 nitrogen and oxygen atoms in total. The lowest BCUT2D eigenvalue weighted by Gasteiger charge is -2.46. The highest BCUT2D eigenvalue weighted by Crippen LogP contribution is 2.45. The molecule has 0 aromatic carbocycles. The van der Waals surface area contributed by atoms with Gasteiger partial charge in [-0.15, -0.1) is 0 Å². The smallest absolute Gasteiger partial charge is 0.109 e. The fourth-order valence-electron chi connectivity index (χ4n) is 4.16. The molecule has 1 saturated carbocycles. The fourth-order valence-corrected chi connectivity index (χ4v) is 4.16. The Morgan fingerprint density at radius 3 is 2.10 bits per heavy atom. The zero-order chi connectivity index (χ0) is 14.6. The van der Waals surface area contributed by atoms with Crippen LogP contribution < -0.4 is 0 Å². The van der Waals surface area contributed by atoms with E-state index in [4.69, 9.17) is 0 Å². The molecule has 1 saturated heterocycles. The molecular weight excluding hydrogens is 244 g/mol. The highest BCUT2D eigenvalue weighted by atomic mass is 15.2. The molecule has 1 aliphatic heterocycles. The summed E-state index contributed by atoms with van der Waals surface area (Å²) >= 11 is 0. The van der Waals surface area contributed by atoms with Crippen LogP contribution in [0.3, 0.4) is 0 Å². The number of likely N-dealkylation sites (tertiary alicyclic amines) is 1. The quantitative estimate of drug-likeness (QED) is 0.743. The van der Waals surface area contributed by atoms with Crippen molar-refractivity contribution in [3.63, 3.8) is 0 Å². The summed E-state index contributed by atoms with van der Waals surface area (Å²) in [6.45, 7) is 9.41. The summed E-state index contributed by atoms with van der Waals surface area (Å²) in [6.07, 6.45) is 11.2. The molecule has 0 N–H and O–H groups in total. The molecule has 0 spiro atoms. The Bertz CT molecular complexity index is 337. The Morgan fingerprint density at radius 1 is 1.10 bits per heavy atom. The Kier molecular flexibility index (Phi) is 5.13. The molecule has 2 heteroatoms. The van der Waals surface area contributed by atoms with E-state index in [0.29, 0.717) is 5.41 Å². The van der Waals surface area contributed by atoms with Gasteiger partial charge in [-0.2, -0.15) is 5.26 Å². The zero-order valence-corrected chi connectivity index (χ0v) is 13.7. The summed E-state index contributed by atoms with van der Waals surface area (Å²) in [7, 11) is 0. The maximum Gasteiger partial charge on any atom is 0.109 e. The number of nitriles is 1. The summed E-state index contributed by atoms with van der Waals surface area (Å²) in [5.74, 6) is 0.806. The van der Waals surface area contributed by atoms with E-state index >= 15 is 0 Å². The van der Waals surface area contributed by atoms with Gasteiger partial charge in [0, 0.05) is 0 Å². The number of hydrogen-bond donors (Lipinski definition) is 0. The third-order valence-electron chi connectivity index (χ3n) is 6.25. The Balaban J connectivity index is 2.02. The van der Waals surface area contributed by atoms with Crippen LogP contribution in [0.1, 0.15) is 78.6 Å². The molecule has 0 amide bonds. The van der Waals surface area contributed by atoms with Gasteiger partial charge < -0.3 is 0 Å². The van der Waals surface area contributed by atoms with E-state index in [1.807, 2.05) is 0 Å². The molecule has 1 heterocycles. The average molecular weight is 276 g/mol. The molecule has 0 aromatic heterocycles. The normalized spacial score (nSPS) is 33.4. The van der Waals surface area contributed by atoms with Gasteiger partial charge in [0.25, 0.3) is 0 Å². The number of hydrogen-bond acceptors (Lipinski definition) is 2. The highest BCUT2D eigenvalue weighted by molar-refractivity contribution is 5.11. The second kappa shape index (κ2) is 6.48. The molecule has 2 rings (SSSR count). The van der Waals surface area contributed by atoms with Gasteiger partial charge in [-0.05, 0) is 62.9 Å². The van der Waals surface area contributed by atoms with Crippen LogP contribution in [0.15, 0.2) is 0 Å². The minimum Gasteiger partial charge on any atom is -0.286 e. The summed E-state index contributed by atoms with van der Waals surface area (Å²) < 4.78 is 0. The van der Waals surface area contributed by atoms with Crippen LogP contribution in [0.5, 0.6) is 0 Å². The summed E-state index contributed by atoms with van der Waals surface area (Å²) in [6, 6.07) is 2.73. The molecule has 0 bridgehead atoms. The van der Waals surface area contributed by atoms with E-state index in [0.717, 1.165) is 31.8 Å². The predicted octanol–water partition coefficient (Wildman–Crippen LogP) is 4.75. The van der Waals surface area contributed by atoms with Gasteiger partial charge in [0.15, 0.2) is 0 Å². The van der Waals surface area contributed by atoms with Crippen LogP contribution in [-0.4, -0.2) is 23.5 Å². The van der Waals surface area contributed by atoms with Crippen LogP contribution in [0.4, 0.5) is 0 Å². The maximum atomic E-state index is 9.84. The minimum absolute atomic E-state index is 0.134. The van der Waals surface area contributed by atoms with E-state index in [9.17, 15) is 5.26 Å². The largest absolute Gasteiger partial charge is 0.286 e. The molecule has 1 aliphatic carbocycles. The Hall–Kier alpha value is -0.550. The van der Waals surface area contributed by atoms with Crippen molar-refractivity contribution < 1.29 is 0 Å². The second-order valence-electron chi connectivity index (χ2n) is 7.66. The predicted molar refractivity (Wildman–Crippen MR) is 84.4 cm³/mol. The minimum atomic E-state index is -0.134. The van der Waals surface area contributed by atoms with Crippen LogP contribution in [-0.2, 0) is 0 Å². The van der Waals surface area contributed by atoms with Crippen LogP contribution in [0, 0.1) is 22.7 Å². The SMILES string of the molecule is CCC(C)(C)C1CCC(C#N)(N2CCCCCC2)CC1. The van der Waals surface area contributed by atoms with Crippen molar-refractivity contribution in [1.82, 2.24) is 4.90 Å². The lowest BCUT2D eigenvalue weighted by atomic mass is 9.65. The van der Waals surface area contributed by atoms with E-state index in [1.165, 1.54) is 44.9 Å². The van der Waals surface area contributed by atoms with Gasteiger partial charge in [0.05, 0.1) is 6.07 Å². The van der Waals surface area contributed by atoms with Crippen molar-refractivity contribution in [2.45, 2.75) is 84.1 Å². The molecule has 0 radical (unpaired) electrons. The molecule has 20 heavy (non-hydrogen) atoms. The lowest BCUT2D eigenvalue weighted by Crippen LogP contribution is -2.51. The lowest BCUT2D eigenvalue weighted by molar-refractivity contribution is 0.0483. The first kappa shape index (κ1) is 15.8. The third kappa shape index (κ3) is 3.19. The maximum absolute atomic E-state index is 9.84. The zero-order valence-electron chi connectivity index (χ0n) is 13.7.